The summed E-state index contributed by atoms with van der Waals surface area (Å²) in [6.07, 6.45) is 3.95. The van der Waals surface area contributed by atoms with E-state index in [9.17, 15) is 0 Å². The quantitative estimate of drug-likeness (QED) is 0.796. The van der Waals surface area contributed by atoms with Gasteiger partial charge in [-0.25, -0.2) is 0 Å². The van der Waals surface area contributed by atoms with Crippen molar-refractivity contribution < 1.29 is 4.52 Å². The highest BCUT2D eigenvalue weighted by Crippen LogP contribution is 2.24. The molecule has 0 saturated heterocycles. The largest absolute Gasteiger partial charge is 0.340 e. The van der Waals surface area contributed by atoms with Gasteiger partial charge in [0.2, 0.25) is 5.89 Å². The predicted molar refractivity (Wildman–Crippen MR) is 52.7 cm³/mol. The van der Waals surface area contributed by atoms with E-state index in [-0.39, 0.29) is 0 Å². The molecular formula is C10H17N3O. The molecule has 0 aromatic carbocycles. The van der Waals surface area contributed by atoms with E-state index in [1.54, 1.807) is 0 Å². The van der Waals surface area contributed by atoms with Crippen molar-refractivity contribution in [1.29, 1.82) is 0 Å². The first-order valence-corrected chi connectivity index (χ1v) is 5.28. The van der Waals surface area contributed by atoms with E-state index in [0.29, 0.717) is 11.9 Å². The number of aryl methyl sites for hydroxylation is 1. The SMILES string of the molecule is Cc1nc(CNC2CCCC2C)no1. The van der Waals surface area contributed by atoms with Crippen molar-refractivity contribution in [2.75, 3.05) is 0 Å². The Morgan fingerprint density at radius 3 is 2.93 bits per heavy atom. The van der Waals surface area contributed by atoms with Crippen molar-refractivity contribution >= 4 is 0 Å². The lowest BCUT2D eigenvalue weighted by Gasteiger charge is -2.15. The number of hydrogen-bond donors (Lipinski definition) is 1. The summed E-state index contributed by atoms with van der Waals surface area (Å²) < 4.78 is 4.91. The summed E-state index contributed by atoms with van der Waals surface area (Å²) in [6.45, 7) is 4.84. The zero-order valence-corrected chi connectivity index (χ0v) is 8.79. The average molecular weight is 195 g/mol. The van der Waals surface area contributed by atoms with E-state index < -0.39 is 0 Å². The molecule has 1 aromatic rings. The Labute approximate surface area is 84.1 Å². The highest BCUT2D eigenvalue weighted by Gasteiger charge is 2.22. The van der Waals surface area contributed by atoms with Gasteiger partial charge in [0.1, 0.15) is 0 Å². The lowest BCUT2D eigenvalue weighted by atomic mass is 10.1. The maximum absolute atomic E-state index is 4.91. The molecule has 4 heteroatoms. The summed E-state index contributed by atoms with van der Waals surface area (Å²) in [6, 6.07) is 0.633. The van der Waals surface area contributed by atoms with Crippen LogP contribution in [0.15, 0.2) is 4.52 Å². The van der Waals surface area contributed by atoms with Crippen LogP contribution in [0.2, 0.25) is 0 Å². The highest BCUT2D eigenvalue weighted by molar-refractivity contribution is 4.86. The van der Waals surface area contributed by atoms with E-state index in [1.807, 2.05) is 6.92 Å². The fourth-order valence-electron chi connectivity index (χ4n) is 2.08. The first-order chi connectivity index (χ1) is 6.75. The van der Waals surface area contributed by atoms with E-state index in [4.69, 9.17) is 4.52 Å². The lowest BCUT2D eigenvalue weighted by molar-refractivity contribution is 0.376. The highest BCUT2D eigenvalue weighted by atomic mass is 16.5. The van der Waals surface area contributed by atoms with Crippen LogP contribution in [0.25, 0.3) is 0 Å². The second-order valence-electron chi connectivity index (χ2n) is 4.13. The first kappa shape index (κ1) is 9.65. The van der Waals surface area contributed by atoms with E-state index in [0.717, 1.165) is 18.3 Å². The van der Waals surface area contributed by atoms with Gasteiger partial charge in [-0.3, -0.25) is 0 Å². The van der Waals surface area contributed by atoms with Gasteiger partial charge in [-0.15, -0.1) is 0 Å². The van der Waals surface area contributed by atoms with Crippen LogP contribution in [0.1, 0.15) is 37.9 Å². The second-order valence-corrected chi connectivity index (χ2v) is 4.13. The zero-order valence-electron chi connectivity index (χ0n) is 8.79. The molecule has 1 aromatic heterocycles. The summed E-state index contributed by atoms with van der Waals surface area (Å²) >= 11 is 0. The van der Waals surface area contributed by atoms with Gasteiger partial charge in [0, 0.05) is 13.0 Å². The molecule has 1 aliphatic carbocycles. The molecule has 0 amide bonds. The Hall–Kier alpha value is -0.900. The molecule has 1 heterocycles. The van der Waals surface area contributed by atoms with Crippen LogP contribution in [0.3, 0.4) is 0 Å². The zero-order chi connectivity index (χ0) is 9.97. The monoisotopic (exact) mass is 195 g/mol. The molecule has 0 spiro atoms. The van der Waals surface area contributed by atoms with Crippen molar-refractivity contribution in [2.45, 2.75) is 45.7 Å². The van der Waals surface area contributed by atoms with Crippen molar-refractivity contribution in [2.24, 2.45) is 5.92 Å². The number of nitrogens with zero attached hydrogens (tertiary/aromatic N) is 2. The molecule has 14 heavy (non-hydrogen) atoms. The van der Waals surface area contributed by atoms with Crippen LogP contribution < -0.4 is 5.32 Å². The minimum atomic E-state index is 0.633. The minimum Gasteiger partial charge on any atom is -0.340 e. The smallest absolute Gasteiger partial charge is 0.223 e. The van der Waals surface area contributed by atoms with Gasteiger partial charge in [-0.1, -0.05) is 18.5 Å². The van der Waals surface area contributed by atoms with E-state index >= 15 is 0 Å². The van der Waals surface area contributed by atoms with Crippen LogP contribution in [-0.4, -0.2) is 16.2 Å². The summed E-state index contributed by atoms with van der Waals surface area (Å²) in [5.74, 6) is 2.19. The fraction of sp³-hybridized carbons (Fsp3) is 0.800. The maximum Gasteiger partial charge on any atom is 0.223 e. The third-order valence-electron chi connectivity index (χ3n) is 2.95. The average Bonchev–Trinajstić information content (AvgIpc) is 2.72. The number of aromatic nitrogens is 2. The third-order valence-corrected chi connectivity index (χ3v) is 2.95. The predicted octanol–water partition coefficient (Wildman–Crippen LogP) is 1.66. The molecule has 78 valence electrons. The Morgan fingerprint density at radius 2 is 2.36 bits per heavy atom. The van der Waals surface area contributed by atoms with E-state index in [1.165, 1.54) is 19.3 Å². The van der Waals surface area contributed by atoms with Crippen LogP contribution in [0.4, 0.5) is 0 Å². The third kappa shape index (κ3) is 2.12. The maximum atomic E-state index is 4.91. The number of nitrogens with one attached hydrogen (secondary N) is 1. The summed E-state index contributed by atoms with van der Waals surface area (Å²) in [5.41, 5.74) is 0. The lowest BCUT2D eigenvalue weighted by Crippen LogP contribution is -2.30. The normalized spacial score (nSPS) is 27.0. The molecule has 2 atom stereocenters. The van der Waals surface area contributed by atoms with Crippen molar-refractivity contribution in [3.63, 3.8) is 0 Å². The molecule has 1 fully saturated rings. The van der Waals surface area contributed by atoms with Gasteiger partial charge in [-0.05, 0) is 18.8 Å². The summed E-state index contributed by atoms with van der Waals surface area (Å²) in [5, 5.41) is 7.33. The Bertz CT molecular complexity index is 297. The molecule has 4 nitrogen and oxygen atoms in total. The van der Waals surface area contributed by atoms with Gasteiger partial charge in [-0.2, -0.15) is 4.98 Å². The molecule has 0 aliphatic heterocycles. The molecular weight excluding hydrogens is 178 g/mol. The van der Waals surface area contributed by atoms with Gasteiger partial charge in [0.05, 0.1) is 6.54 Å². The van der Waals surface area contributed by atoms with Gasteiger partial charge in [0.25, 0.3) is 0 Å². The number of hydrogen-bond acceptors (Lipinski definition) is 4. The van der Waals surface area contributed by atoms with Crippen LogP contribution in [0.5, 0.6) is 0 Å². The fourth-order valence-corrected chi connectivity index (χ4v) is 2.08. The van der Waals surface area contributed by atoms with Gasteiger partial charge >= 0.3 is 0 Å². The van der Waals surface area contributed by atoms with Crippen LogP contribution >= 0.6 is 0 Å². The van der Waals surface area contributed by atoms with Gasteiger partial charge in [0.15, 0.2) is 5.82 Å². The van der Waals surface area contributed by atoms with Crippen LogP contribution in [0, 0.1) is 12.8 Å². The molecule has 0 radical (unpaired) electrons. The molecule has 1 saturated carbocycles. The summed E-state index contributed by atoms with van der Waals surface area (Å²) in [4.78, 5) is 4.16. The molecule has 2 unspecified atom stereocenters. The van der Waals surface area contributed by atoms with E-state index in [2.05, 4.69) is 22.4 Å². The van der Waals surface area contributed by atoms with Gasteiger partial charge < -0.3 is 9.84 Å². The second kappa shape index (κ2) is 4.09. The topological polar surface area (TPSA) is 51.0 Å². The first-order valence-electron chi connectivity index (χ1n) is 5.28. The molecule has 2 rings (SSSR count). The van der Waals surface area contributed by atoms with Crippen molar-refractivity contribution in [3.05, 3.63) is 11.7 Å². The Morgan fingerprint density at radius 1 is 1.50 bits per heavy atom. The van der Waals surface area contributed by atoms with Crippen molar-refractivity contribution in [1.82, 2.24) is 15.5 Å². The minimum absolute atomic E-state index is 0.633. The van der Waals surface area contributed by atoms with Crippen molar-refractivity contribution in [3.8, 4) is 0 Å². The Kier molecular flexibility index (Phi) is 2.82. The standard InChI is InChI=1S/C10H17N3O/c1-7-4-3-5-9(7)11-6-10-12-8(2)14-13-10/h7,9,11H,3-6H2,1-2H3. The summed E-state index contributed by atoms with van der Waals surface area (Å²) in [7, 11) is 0. The molecule has 1 N–H and O–H groups in total. The molecule has 1 aliphatic rings. The van der Waals surface area contributed by atoms with Crippen LogP contribution in [-0.2, 0) is 6.54 Å². The molecule has 0 bridgehead atoms. The number of rotatable bonds is 3. The Balaban J connectivity index is 1.82.